The first-order valence-corrected chi connectivity index (χ1v) is 6.28. The molecule has 2 atom stereocenters. The van der Waals surface area contributed by atoms with Crippen LogP contribution in [0.5, 0.6) is 0 Å². The molecule has 1 aromatic carbocycles. The molecule has 2 heteroatoms. The second kappa shape index (κ2) is 6.44. The maximum atomic E-state index is 9.19. The Morgan fingerprint density at radius 3 is 2.82 bits per heavy atom. The lowest BCUT2D eigenvalue weighted by atomic mass is 10.1. The summed E-state index contributed by atoms with van der Waals surface area (Å²) >= 11 is 0. The van der Waals surface area contributed by atoms with E-state index in [4.69, 9.17) is 0 Å². The van der Waals surface area contributed by atoms with E-state index in [1.807, 2.05) is 30.3 Å². The normalized spacial score (nSPS) is 23.1. The monoisotopic (exact) mass is 229 g/mol. The van der Waals surface area contributed by atoms with E-state index in [2.05, 4.69) is 17.2 Å². The fraction of sp³-hybridized carbons (Fsp3) is 0.467. The van der Waals surface area contributed by atoms with Crippen molar-refractivity contribution in [2.24, 2.45) is 5.92 Å². The van der Waals surface area contributed by atoms with Crippen molar-refractivity contribution in [3.63, 3.8) is 0 Å². The van der Waals surface area contributed by atoms with Crippen LogP contribution in [0.1, 0.15) is 24.8 Å². The van der Waals surface area contributed by atoms with Crippen molar-refractivity contribution < 1.29 is 5.11 Å². The minimum absolute atomic E-state index is 0.295. The number of hydrogen-bond acceptors (Lipinski definition) is 2. The molecule has 0 spiro atoms. The number of aliphatic hydroxyl groups is 1. The molecule has 1 aliphatic rings. The number of hydrogen-bond donors (Lipinski definition) is 2. The van der Waals surface area contributed by atoms with Gasteiger partial charge in [-0.2, -0.15) is 0 Å². The molecule has 2 unspecified atom stereocenters. The molecule has 0 aromatic heterocycles. The standard InChI is InChI=1S/C15H19NO/c17-12-14-9-4-10-15(14)16-11-5-8-13-6-2-1-3-7-13/h1-3,6-7,14-17H,4,9-12H2. The maximum Gasteiger partial charge on any atom is 0.0582 e. The summed E-state index contributed by atoms with van der Waals surface area (Å²) in [6, 6.07) is 10.5. The zero-order valence-electron chi connectivity index (χ0n) is 10.0. The topological polar surface area (TPSA) is 32.3 Å². The molecule has 2 nitrogen and oxygen atoms in total. The van der Waals surface area contributed by atoms with Crippen LogP contribution < -0.4 is 5.32 Å². The van der Waals surface area contributed by atoms with Crippen molar-refractivity contribution >= 4 is 0 Å². The summed E-state index contributed by atoms with van der Waals surface area (Å²) < 4.78 is 0. The van der Waals surface area contributed by atoms with Crippen molar-refractivity contribution in [2.45, 2.75) is 25.3 Å². The third-order valence-corrected chi connectivity index (χ3v) is 3.35. The summed E-state index contributed by atoms with van der Waals surface area (Å²) in [5.41, 5.74) is 1.06. The molecular formula is C15H19NO. The summed E-state index contributed by atoms with van der Waals surface area (Å²) in [6.45, 7) is 1.000. The quantitative estimate of drug-likeness (QED) is 0.774. The molecular weight excluding hydrogens is 210 g/mol. The van der Waals surface area contributed by atoms with Crippen LogP contribution in [0.3, 0.4) is 0 Å². The van der Waals surface area contributed by atoms with Crippen LogP contribution in [0.4, 0.5) is 0 Å². The number of aliphatic hydroxyl groups excluding tert-OH is 1. The molecule has 0 heterocycles. The van der Waals surface area contributed by atoms with Gasteiger partial charge in [0.1, 0.15) is 0 Å². The second-order valence-corrected chi connectivity index (χ2v) is 4.53. The van der Waals surface area contributed by atoms with E-state index in [9.17, 15) is 5.11 Å². The highest BCUT2D eigenvalue weighted by atomic mass is 16.3. The van der Waals surface area contributed by atoms with Crippen LogP contribution in [-0.4, -0.2) is 24.3 Å². The van der Waals surface area contributed by atoms with Gasteiger partial charge in [0, 0.05) is 18.2 Å². The lowest BCUT2D eigenvalue weighted by Crippen LogP contribution is -2.34. The minimum atomic E-state index is 0.295. The van der Waals surface area contributed by atoms with Crippen molar-refractivity contribution in [1.29, 1.82) is 0 Å². The van der Waals surface area contributed by atoms with E-state index < -0.39 is 0 Å². The highest BCUT2D eigenvalue weighted by molar-refractivity contribution is 5.33. The second-order valence-electron chi connectivity index (χ2n) is 4.53. The molecule has 1 aliphatic carbocycles. The molecule has 0 radical (unpaired) electrons. The molecule has 17 heavy (non-hydrogen) atoms. The summed E-state index contributed by atoms with van der Waals surface area (Å²) in [5, 5.41) is 12.6. The molecule has 2 rings (SSSR count). The Balaban J connectivity index is 1.78. The van der Waals surface area contributed by atoms with Gasteiger partial charge in [0.05, 0.1) is 6.54 Å². The predicted octanol–water partition coefficient (Wildman–Crippen LogP) is 1.79. The van der Waals surface area contributed by atoms with Gasteiger partial charge < -0.3 is 10.4 Å². The average Bonchev–Trinajstić information content (AvgIpc) is 2.83. The fourth-order valence-electron chi connectivity index (χ4n) is 2.37. The first-order valence-electron chi connectivity index (χ1n) is 6.28. The molecule has 2 N–H and O–H groups in total. The average molecular weight is 229 g/mol. The predicted molar refractivity (Wildman–Crippen MR) is 69.5 cm³/mol. The summed E-state index contributed by atoms with van der Waals surface area (Å²) in [5.74, 6) is 6.68. The van der Waals surface area contributed by atoms with Gasteiger partial charge in [-0.25, -0.2) is 0 Å². The van der Waals surface area contributed by atoms with Gasteiger partial charge >= 0.3 is 0 Å². The van der Waals surface area contributed by atoms with E-state index in [0.717, 1.165) is 18.4 Å². The smallest absolute Gasteiger partial charge is 0.0582 e. The van der Waals surface area contributed by atoms with Crippen molar-refractivity contribution in [3.05, 3.63) is 35.9 Å². The van der Waals surface area contributed by atoms with E-state index in [0.29, 0.717) is 25.1 Å². The maximum absolute atomic E-state index is 9.19. The molecule has 1 aromatic rings. The molecule has 0 bridgehead atoms. The van der Waals surface area contributed by atoms with Crippen LogP contribution >= 0.6 is 0 Å². The number of benzene rings is 1. The Hall–Kier alpha value is -1.30. The molecule has 1 fully saturated rings. The Morgan fingerprint density at radius 2 is 2.06 bits per heavy atom. The van der Waals surface area contributed by atoms with Crippen LogP contribution in [0.2, 0.25) is 0 Å². The fourth-order valence-corrected chi connectivity index (χ4v) is 2.37. The van der Waals surface area contributed by atoms with Crippen molar-refractivity contribution in [1.82, 2.24) is 5.32 Å². The zero-order chi connectivity index (χ0) is 11.9. The third-order valence-electron chi connectivity index (χ3n) is 3.35. The Bertz CT molecular complexity index is 390. The first kappa shape index (κ1) is 12.2. The molecule has 0 amide bonds. The lowest BCUT2D eigenvalue weighted by Gasteiger charge is -2.17. The van der Waals surface area contributed by atoms with Gasteiger partial charge in [-0.15, -0.1) is 0 Å². The SMILES string of the molecule is OCC1CCCC1NCC#Cc1ccccc1. The minimum Gasteiger partial charge on any atom is -0.396 e. The largest absolute Gasteiger partial charge is 0.396 e. The molecule has 90 valence electrons. The van der Waals surface area contributed by atoms with Gasteiger partial charge in [0.15, 0.2) is 0 Å². The van der Waals surface area contributed by atoms with Gasteiger partial charge in [-0.05, 0) is 30.9 Å². The van der Waals surface area contributed by atoms with Crippen LogP contribution in [0, 0.1) is 17.8 Å². The number of rotatable bonds is 3. The van der Waals surface area contributed by atoms with Crippen LogP contribution in [-0.2, 0) is 0 Å². The Labute approximate surface area is 103 Å². The zero-order valence-corrected chi connectivity index (χ0v) is 10.0. The van der Waals surface area contributed by atoms with E-state index in [1.165, 1.54) is 6.42 Å². The summed E-state index contributed by atoms with van der Waals surface area (Å²) in [7, 11) is 0. The Kier molecular flexibility index (Phi) is 4.61. The van der Waals surface area contributed by atoms with Gasteiger partial charge in [-0.1, -0.05) is 36.5 Å². The highest BCUT2D eigenvalue weighted by Crippen LogP contribution is 2.24. The van der Waals surface area contributed by atoms with Crippen LogP contribution in [0.15, 0.2) is 30.3 Å². The lowest BCUT2D eigenvalue weighted by molar-refractivity contribution is 0.207. The molecule has 0 aliphatic heterocycles. The number of nitrogens with one attached hydrogen (secondary N) is 1. The third kappa shape index (κ3) is 3.59. The van der Waals surface area contributed by atoms with Crippen molar-refractivity contribution in [2.75, 3.05) is 13.2 Å². The molecule has 0 saturated heterocycles. The molecule has 1 saturated carbocycles. The van der Waals surface area contributed by atoms with Gasteiger partial charge in [0.25, 0.3) is 0 Å². The van der Waals surface area contributed by atoms with E-state index >= 15 is 0 Å². The van der Waals surface area contributed by atoms with Gasteiger partial charge in [-0.3, -0.25) is 0 Å². The van der Waals surface area contributed by atoms with Gasteiger partial charge in [0.2, 0.25) is 0 Å². The summed E-state index contributed by atoms with van der Waals surface area (Å²) in [4.78, 5) is 0. The summed E-state index contributed by atoms with van der Waals surface area (Å²) in [6.07, 6.45) is 3.52. The van der Waals surface area contributed by atoms with E-state index in [1.54, 1.807) is 0 Å². The highest BCUT2D eigenvalue weighted by Gasteiger charge is 2.25. The van der Waals surface area contributed by atoms with E-state index in [-0.39, 0.29) is 0 Å². The Morgan fingerprint density at radius 1 is 1.24 bits per heavy atom. The van der Waals surface area contributed by atoms with Crippen LogP contribution in [0.25, 0.3) is 0 Å². The van der Waals surface area contributed by atoms with Crippen molar-refractivity contribution in [3.8, 4) is 11.8 Å². The first-order chi connectivity index (χ1) is 8.40.